The van der Waals surface area contributed by atoms with Crippen molar-refractivity contribution in [3.05, 3.63) is 80.3 Å². The average Bonchev–Trinajstić information content (AvgIpc) is 2.83. The molecule has 0 saturated heterocycles. The molecule has 0 aliphatic carbocycles. The maximum absolute atomic E-state index is 13.0. The first-order valence-corrected chi connectivity index (χ1v) is 12.4. The second-order valence-corrected chi connectivity index (χ2v) is 9.38. The van der Waals surface area contributed by atoms with Crippen molar-refractivity contribution < 1.29 is 38.1 Å². The van der Waals surface area contributed by atoms with Crippen LogP contribution in [0.25, 0.3) is 0 Å². The molecule has 3 aromatic rings. The third-order valence-corrected chi connectivity index (χ3v) is 6.41. The smallest absolute Gasteiger partial charge is 0.346 e. The molecule has 8 nitrogen and oxygen atoms in total. The van der Waals surface area contributed by atoms with Crippen LogP contribution in [0.3, 0.4) is 0 Å². The fraction of sp³-hybridized carbons (Fsp3) is 0.185. The molecule has 0 radical (unpaired) electrons. The Morgan fingerprint density at radius 2 is 1.29 bits per heavy atom. The highest BCUT2D eigenvalue weighted by Crippen LogP contribution is 2.52. The summed E-state index contributed by atoms with van der Waals surface area (Å²) in [6.07, 6.45) is 0. The van der Waals surface area contributed by atoms with Crippen LogP contribution in [0.4, 0.5) is 0 Å². The number of alkyl halides is 1. The van der Waals surface area contributed by atoms with E-state index in [0.29, 0.717) is 22.3 Å². The predicted octanol–water partition coefficient (Wildman–Crippen LogP) is 6.57. The molecule has 0 fully saturated rings. The largest absolute Gasteiger partial charge is 0.456 e. The van der Waals surface area contributed by atoms with Gasteiger partial charge in [0.15, 0.2) is 11.5 Å². The monoisotopic (exact) mass is 576 g/mol. The van der Waals surface area contributed by atoms with Gasteiger partial charge in [0.1, 0.15) is 11.5 Å². The van der Waals surface area contributed by atoms with Crippen LogP contribution in [-0.4, -0.2) is 23.9 Å². The van der Waals surface area contributed by atoms with Crippen molar-refractivity contribution in [3.63, 3.8) is 0 Å². The molecule has 0 unspecified atom stereocenters. The van der Waals surface area contributed by atoms with Gasteiger partial charge in [-0.05, 0) is 29.3 Å². The lowest BCUT2D eigenvalue weighted by Crippen LogP contribution is -2.18. The Balaban J connectivity index is 2.02. The van der Waals surface area contributed by atoms with Crippen molar-refractivity contribution in [3.8, 4) is 23.0 Å². The Labute approximate surface area is 232 Å². The zero-order valence-electron chi connectivity index (χ0n) is 20.2. The Morgan fingerprint density at radius 3 is 1.74 bits per heavy atom. The predicted molar refractivity (Wildman–Crippen MR) is 139 cm³/mol. The van der Waals surface area contributed by atoms with Crippen LogP contribution in [0.15, 0.2) is 42.5 Å². The number of esters is 4. The van der Waals surface area contributed by atoms with Crippen LogP contribution in [0.1, 0.15) is 59.3 Å². The summed E-state index contributed by atoms with van der Waals surface area (Å²) in [5, 5.41) is 0.222. The van der Waals surface area contributed by atoms with Gasteiger partial charge in [0.2, 0.25) is 0 Å². The van der Waals surface area contributed by atoms with Crippen LogP contribution >= 0.6 is 34.8 Å². The molecule has 0 spiro atoms. The number of ether oxygens (including phenoxy) is 4. The third-order valence-electron chi connectivity index (χ3n) is 5.52. The van der Waals surface area contributed by atoms with Crippen molar-refractivity contribution in [1.82, 2.24) is 0 Å². The lowest BCUT2D eigenvalue weighted by Gasteiger charge is -2.31. The molecule has 38 heavy (non-hydrogen) atoms. The van der Waals surface area contributed by atoms with E-state index in [-0.39, 0.29) is 44.5 Å². The summed E-state index contributed by atoms with van der Waals surface area (Å²) in [7, 11) is 0. The number of hydrogen-bond donors (Lipinski definition) is 0. The number of hydrogen-bond acceptors (Lipinski definition) is 8. The average molecular weight is 578 g/mol. The minimum absolute atomic E-state index is 0.0556. The van der Waals surface area contributed by atoms with Crippen molar-refractivity contribution >= 4 is 58.7 Å². The SMILES string of the molecule is CC(=O)OC(=O)c1ccc(CCl)cc1C1c2cc(Cl)c(OC(C)=O)cc2Oc2cc(OC(C)=O)c(Cl)cc21. The normalized spacial score (nSPS) is 12.1. The Morgan fingerprint density at radius 1 is 0.763 bits per heavy atom. The molecule has 4 rings (SSSR count). The van der Waals surface area contributed by atoms with Gasteiger partial charge in [-0.3, -0.25) is 14.4 Å². The van der Waals surface area contributed by atoms with Crippen LogP contribution in [0.2, 0.25) is 10.0 Å². The van der Waals surface area contributed by atoms with E-state index in [9.17, 15) is 19.2 Å². The lowest BCUT2D eigenvalue weighted by atomic mass is 9.80. The Kier molecular flexibility index (Phi) is 7.97. The summed E-state index contributed by atoms with van der Waals surface area (Å²) in [5.41, 5.74) is 2.20. The van der Waals surface area contributed by atoms with Crippen LogP contribution in [0, 0.1) is 0 Å². The minimum atomic E-state index is -0.867. The van der Waals surface area contributed by atoms with Gasteiger partial charge in [-0.25, -0.2) is 4.79 Å². The number of rotatable bonds is 5. The summed E-state index contributed by atoms with van der Waals surface area (Å²) in [5.74, 6) is -2.81. The summed E-state index contributed by atoms with van der Waals surface area (Å²) >= 11 is 19.0. The number of carbonyl (C=O) groups is 4. The third kappa shape index (κ3) is 5.62. The van der Waals surface area contributed by atoms with Crippen LogP contribution in [-0.2, 0) is 25.0 Å². The Bertz CT molecular complexity index is 1430. The van der Waals surface area contributed by atoms with E-state index >= 15 is 0 Å². The molecule has 3 aromatic carbocycles. The first-order valence-electron chi connectivity index (χ1n) is 11.1. The maximum Gasteiger partial charge on any atom is 0.346 e. The zero-order chi connectivity index (χ0) is 27.7. The van der Waals surface area contributed by atoms with Gasteiger partial charge < -0.3 is 18.9 Å². The Hall–Kier alpha value is -3.59. The highest BCUT2D eigenvalue weighted by molar-refractivity contribution is 6.32. The minimum Gasteiger partial charge on any atom is -0.456 e. The molecule has 196 valence electrons. The standard InChI is InChI=1S/C27H19Cl3O8/c1-12(31)35-24-9-22-18(7-20(24)29)26(19-8-21(30)25(36-13(2)32)10-23(19)38-22)17-6-15(11-28)4-5-16(17)27(34)37-14(3)33/h4-10,26H,11H2,1-3H3. The van der Waals surface area contributed by atoms with Crippen LogP contribution in [0.5, 0.6) is 23.0 Å². The van der Waals surface area contributed by atoms with Gasteiger partial charge in [0, 0.05) is 55.8 Å². The number of carbonyl (C=O) groups excluding carboxylic acids is 4. The summed E-state index contributed by atoms with van der Waals surface area (Å²) in [4.78, 5) is 47.7. The summed E-state index contributed by atoms with van der Waals surface area (Å²) in [6.45, 7) is 3.58. The molecular weight excluding hydrogens is 559 g/mol. The molecule has 1 aliphatic heterocycles. The van der Waals surface area contributed by atoms with Gasteiger partial charge in [0.05, 0.1) is 15.6 Å². The molecule has 0 aromatic heterocycles. The van der Waals surface area contributed by atoms with E-state index in [0.717, 1.165) is 6.92 Å². The second-order valence-electron chi connectivity index (χ2n) is 8.30. The van der Waals surface area contributed by atoms with Gasteiger partial charge in [-0.2, -0.15) is 0 Å². The molecule has 0 amide bonds. The van der Waals surface area contributed by atoms with Crippen molar-refractivity contribution in [2.75, 3.05) is 0 Å². The van der Waals surface area contributed by atoms with Crippen molar-refractivity contribution in [1.29, 1.82) is 0 Å². The molecule has 0 atom stereocenters. The molecule has 1 heterocycles. The molecule has 1 aliphatic rings. The van der Waals surface area contributed by atoms with Gasteiger partial charge in [-0.15, -0.1) is 11.6 Å². The van der Waals surface area contributed by atoms with Crippen molar-refractivity contribution in [2.24, 2.45) is 0 Å². The first-order chi connectivity index (χ1) is 18.0. The highest BCUT2D eigenvalue weighted by Gasteiger charge is 2.35. The fourth-order valence-corrected chi connectivity index (χ4v) is 4.71. The highest BCUT2D eigenvalue weighted by atomic mass is 35.5. The van der Waals surface area contributed by atoms with Crippen LogP contribution < -0.4 is 14.2 Å². The summed E-state index contributed by atoms with van der Waals surface area (Å²) in [6, 6.07) is 10.8. The molecular formula is C27H19Cl3O8. The number of fused-ring (bicyclic) bond motifs is 2. The fourth-order valence-electron chi connectivity index (χ4n) is 4.12. The van der Waals surface area contributed by atoms with E-state index in [1.54, 1.807) is 24.3 Å². The van der Waals surface area contributed by atoms with Gasteiger partial charge in [0.25, 0.3) is 0 Å². The van der Waals surface area contributed by atoms with E-state index in [2.05, 4.69) is 0 Å². The number of benzene rings is 3. The molecule has 0 bridgehead atoms. The number of halogens is 3. The lowest BCUT2D eigenvalue weighted by molar-refractivity contribution is -0.135. The topological polar surface area (TPSA) is 105 Å². The van der Waals surface area contributed by atoms with E-state index in [1.165, 1.54) is 32.0 Å². The van der Waals surface area contributed by atoms with Gasteiger partial charge in [-0.1, -0.05) is 35.3 Å². The molecule has 11 heteroatoms. The quantitative estimate of drug-likeness (QED) is 0.113. The molecule has 0 N–H and O–H groups in total. The summed E-state index contributed by atoms with van der Waals surface area (Å²) < 4.78 is 21.4. The van der Waals surface area contributed by atoms with Crippen molar-refractivity contribution in [2.45, 2.75) is 32.6 Å². The van der Waals surface area contributed by atoms with E-state index < -0.39 is 29.8 Å². The van der Waals surface area contributed by atoms with E-state index in [4.69, 9.17) is 53.8 Å². The van der Waals surface area contributed by atoms with Gasteiger partial charge >= 0.3 is 23.9 Å². The second kappa shape index (κ2) is 11.0. The zero-order valence-corrected chi connectivity index (χ0v) is 22.5. The first kappa shape index (κ1) is 27.4. The van der Waals surface area contributed by atoms with E-state index in [1.807, 2.05) is 0 Å². The molecule has 0 saturated carbocycles. The maximum atomic E-state index is 13.0.